The molecule has 0 rings (SSSR count). The van der Waals surface area contributed by atoms with Gasteiger partial charge in [-0.1, -0.05) is 32.9 Å². The van der Waals surface area contributed by atoms with Crippen molar-refractivity contribution in [2.75, 3.05) is 13.4 Å². The van der Waals surface area contributed by atoms with E-state index < -0.39 is 0 Å². The van der Waals surface area contributed by atoms with Crippen LogP contribution in [0.15, 0.2) is 23.8 Å². The Labute approximate surface area is 116 Å². The molecule has 3 heteroatoms. The van der Waals surface area contributed by atoms with Crippen LogP contribution in [0, 0.1) is 5.92 Å². The maximum absolute atomic E-state index is 11.0. The van der Waals surface area contributed by atoms with Gasteiger partial charge in [0, 0.05) is 10.8 Å². The molecule has 0 aromatic rings. The van der Waals surface area contributed by atoms with E-state index >= 15 is 0 Å². The van der Waals surface area contributed by atoms with Crippen molar-refractivity contribution < 1.29 is 9.53 Å². The molecule has 0 saturated carbocycles. The Bertz CT molecular complexity index is 316. The van der Waals surface area contributed by atoms with Gasteiger partial charge in [-0.15, -0.1) is 0 Å². The normalized spacial score (nSPS) is 14.9. The third-order valence-electron chi connectivity index (χ3n) is 2.99. The molecule has 0 aromatic heterocycles. The third kappa shape index (κ3) is 8.40. The number of allylic oxidation sites excluding steroid dienone is 3. The summed E-state index contributed by atoms with van der Waals surface area (Å²) in [4.78, 5) is 11.0. The van der Waals surface area contributed by atoms with E-state index in [0.717, 1.165) is 12.0 Å². The maximum Gasteiger partial charge on any atom is 0.330 e. The van der Waals surface area contributed by atoms with Crippen LogP contribution in [0.3, 0.4) is 0 Å². The molecule has 0 aliphatic rings. The van der Waals surface area contributed by atoms with Crippen LogP contribution in [0.4, 0.5) is 0 Å². The summed E-state index contributed by atoms with van der Waals surface area (Å²) < 4.78 is 4.93. The summed E-state index contributed by atoms with van der Waals surface area (Å²) >= 11 is 1.91. The second-order valence-electron chi connectivity index (χ2n) is 5.25. The van der Waals surface area contributed by atoms with Crippen molar-refractivity contribution in [3.8, 4) is 0 Å². The Morgan fingerprint density at radius 3 is 2.56 bits per heavy atom. The molecule has 18 heavy (non-hydrogen) atoms. The number of hydrogen-bond donors (Lipinski definition) is 0. The van der Waals surface area contributed by atoms with Gasteiger partial charge in [0.25, 0.3) is 0 Å². The van der Waals surface area contributed by atoms with Crippen LogP contribution >= 0.6 is 11.8 Å². The summed E-state index contributed by atoms with van der Waals surface area (Å²) in [5, 5.41) is 0. The smallest absolute Gasteiger partial charge is 0.330 e. The Kier molecular flexibility index (Phi) is 8.08. The highest BCUT2D eigenvalue weighted by atomic mass is 32.2. The second kappa shape index (κ2) is 8.41. The van der Waals surface area contributed by atoms with Gasteiger partial charge in [-0.25, -0.2) is 4.79 Å². The average Bonchev–Trinajstić information content (AvgIpc) is 2.33. The lowest BCUT2D eigenvalue weighted by Gasteiger charge is -2.22. The molecule has 2 nitrogen and oxygen atoms in total. The minimum atomic E-state index is -0.298. The Balaban J connectivity index is 4.19. The Morgan fingerprint density at radius 2 is 2.06 bits per heavy atom. The molecular formula is C15H26O2S. The lowest BCUT2D eigenvalue weighted by Crippen LogP contribution is -2.14. The highest BCUT2D eigenvalue weighted by Crippen LogP contribution is 2.28. The molecule has 0 radical (unpaired) electrons. The van der Waals surface area contributed by atoms with Gasteiger partial charge in [-0.05, 0) is 37.5 Å². The number of hydrogen-bond acceptors (Lipinski definition) is 3. The van der Waals surface area contributed by atoms with Gasteiger partial charge in [0.05, 0.1) is 7.11 Å². The largest absolute Gasteiger partial charge is 0.466 e. The molecule has 0 bridgehead atoms. The van der Waals surface area contributed by atoms with Crippen LogP contribution in [-0.2, 0) is 9.53 Å². The van der Waals surface area contributed by atoms with Gasteiger partial charge in [-0.3, -0.25) is 0 Å². The Morgan fingerprint density at radius 1 is 1.44 bits per heavy atom. The number of carbonyl (C=O) groups is 1. The molecule has 0 amide bonds. The molecule has 0 saturated heterocycles. The third-order valence-corrected chi connectivity index (χ3v) is 4.30. The molecule has 104 valence electrons. The van der Waals surface area contributed by atoms with Gasteiger partial charge in [0.15, 0.2) is 0 Å². The van der Waals surface area contributed by atoms with Crippen LogP contribution in [0.5, 0.6) is 0 Å². The second-order valence-corrected chi connectivity index (χ2v) is 6.76. The molecular weight excluding hydrogens is 244 g/mol. The molecule has 0 fully saturated rings. The van der Waals surface area contributed by atoms with Crippen LogP contribution in [0.2, 0.25) is 0 Å². The topological polar surface area (TPSA) is 26.3 Å². The average molecular weight is 270 g/mol. The fraction of sp³-hybridized carbons (Fsp3) is 0.667. The molecule has 0 aliphatic carbocycles. The highest BCUT2D eigenvalue weighted by Gasteiger charge is 2.16. The van der Waals surface area contributed by atoms with Gasteiger partial charge in [-0.2, -0.15) is 11.8 Å². The lowest BCUT2D eigenvalue weighted by molar-refractivity contribution is -0.134. The number of methoxy groups -OCH3 is 1. The number of esters is 1. The zero-order valence-electron chi connectivity index (χ0n) is 12.4. The monoisotopic (exact) mass is 270 g/mol. The first-order valence-electron chi connectivity index (χ1n) is 6.30. The van der Waals surface area contributed by atoms with Crippen molar-refractivity contribution in [1.82, 2.24) is 0 Å². The van der Waals surface area contributed by atoms with E-state index in [1.807, 2.05) is 24.8 Å². The summed E-state index contributed by atoms with van der Waals surface area (Å²) in [7, 11) is 1.39. The van der Waals surface area contributed by atoms with E-state index in [4.69, 9.17) is 0 Å². The van der Waals surface area contributed by atoms with Gasteiger partial charge in [0.2, 0.25) is 0 Å². The minimum Gasteiger partial charge on any atom is -0.466 e. The summed E-state index contributed by atoms with van der Waals surface area (Å²) in [5.41, 5.74) is 0.929. The molecule has 0 heterocycles. The lowest BCUT2D eigenvalue weighted by atomic mass is 9.98. The molecule has 0 aliphatic heterocycles. The van der Waals surface area contributed by atoms with Crippen molar-refractivity contribution >= 4 is 17.7 Å². The molecule has 0 aromatic carbocycles. The number of ether oxygens (including phenoxy) is 1. The van der Waals surface area contributed by atoms with Gasteiger partial charge >= 0.3 is 5.97 Å². The number of thioether (sulfide) groups is 1. The summed E-state index contributed by atoms with van der Waals surface area (Å²) in [6, 6.07) is 0. The van der Waals surface area contributed by atoms with E-state index in [-0.39, 0.29) is 5.97 Å². The molecule has 1 unspecified atom stereocenters. The van der Waals surface area contributed by atoms with Gasteiger partial charge in [0.1, 0.15) is 0 Å². The Hall–Kier alpha value is -0.700. The van der Waals surface area contributed by atoms with E-state index in [9.17, 15) is 4.79 Å². The zero-order chi connectivity index (χ0) is 14.2. The van der Waals surface area contributed by atoms with Crippen molar-refractivity contribution in [3.05, 3.63) is 23.8 Å². The fourth-order valence-electron chi connectivity index (χ4n) is 1.38. The maximum atomic E-state index is 11.0. The predicted molar refractivity (Wildman–Crippen MR) is 80.9 cm³/mol. The molecule has 0 N–H and O–H groups in total. The van der Waals surface area contributed by atoms with E-state index in [1.54, 1.807) is 0 Å². The fourth-order valence-corrected chi connectivity index (χ4v) is 1.70. The SMILES string of the molecule is COC(=O)/C=C(C)/C=C/C(C)CCC(C)(C)SC. The first-order chi connectivity index (χ1) is 8.30. The highest BCUT2D eigenvalue weighted by molar-refractivity contribution is 7.99. The van der Waals surface area contributed by atoms with Crippen LogP contribution < -0.4 is 0 Å². The van der Waals surface area contributed by atoms with Crippen LogP contribution in [0.1, 0.15) is 40.5 Å². The first-order valence-corrected chi connectivity index (χ1v) is 7.53. The van der Waals surface area contributed by atoms with Crippen molar-refractivity contribution in [1.29, 1.82) is 0 Å². The number of carbonyl (C=O) groups excluding carboxylic acids is 1. The van der Waals surface area contributed by atoms with E-state index in [2.05, 4.69) is 37.8 Å². The minimum absolute atomic E-state index is 0.298. The van der Waals surface area contributed by atoms with E-state index in [1.165, 1.54) is 19.6 Å². The van der Waals surface area contributed by atoms with E-state index in [0.29, 0.717) is 10.7 Å². The molecule has 0 spiro atoms. The summed E-state index contributed by atoms with van der Waals surface area (Å²) in [5.74, 6) is 0.228. The quantitative estimate of drug-likeness (QED) is 0.393. The van der Waals surface area contributed by atoms with Crippen molar-refractivity contribution in [2.45, 2.75) is 45.3 Å². The zero-order valence-corrected chi connectivity index (χ0v) is 13.3. The van der Waals surface area contributed by atoms with Crippen molar-refractivity contribution in [3.63, 3.8) is 0 Å². The van der Waals surface area contributed by atoms with Crippen LogP contribution in [0.25, 0.3) is 0 Å². The van der Waals surface area contributed by atoms with Gasteiger partial charge < -0.3 is 4.74 Å². The van der Waals surface area contributed by atoms with Crippen LogP contribution in [-0.4, -0.2) is 24.1 Å². The predicted octanol–water partition coefficient (Wildman–Crippen LogP) is 4.22. The molecule has 1 atom stereocenters. The standard InChI is InChI=1S/C15H26O2S/c1-12(9-10-15(3,4)18-6)7-8-13(2)11-14(16)17-5/h7-8,11-12H,9-10H2,1-6H3/b8-7+,13-11+. The number of rotatable bonds is 7. The van der Waals surface area contributed by atoms with Crippen molar-refractivity contribution in [2.24, 2.45) is 5.92 Å². The summed E-state index contributed by atoms with van der Waals surface area (Å²) in [6.07, 6.45) is 10.2. The summed E-state index contributed by atoms with van der Waals surface area (Å²) in [6.45, 7) is 8.66. The first kappa shape index (κ1) is 17.3.